The van der Waals surface area contributed by atoms with E-state index in [4.69, 9.17) is 0 Å². The molecule has 1 aromatic rings. The Kier molecular flexibility index (Phi) is 4.56. The highest BCUT2D eigenvalue weighted by Crippen LogP contribution is 2.12. The summed E-state index contributed by atoms with van der Waals surface area (Å²) in [6, 6.07) is 6.11. The molecule has 2 amide bonds. The van der Waals surface area contributed by atoms with Crippen LogP contribution in [0, 0.1) is 13.8 Å². The van der Waals surface area contributed by atoms with Gasteiger partial charge in [-0.15, -0.1) is 0 Å². The lowest BCUT2D eigenvalue weighted by molar-refractivity contribution is -0.131. The summed E-state index contributed by atoms with van der Waals surface area (Å²) in [6.07, 6.45) is 4.17. The summed E-state index contributed by atoms with van der Waals surface area (Å²) in [6.45, 7) is 5.48. The van der Waals surface area contributed by atoms with E-state index < -0.39 is 0 Å². The highest BCUT2D eigenvalue weighted by Gasteiger charge is 2.17. The van der Waals surface area contributed by atoms with E-state index in [9.17, 15) is 9.59 Å². The number of carbonyl (C=O) groups is 2. The van der Waals surface area contributed by atoms with Crippen molar-refractivity contribution in [3.63, 3.8) is 0 Å². The average molecular weight is 272 g/mol. The summed E-state index contributed by atoms with van der Waals surface area (Å²) in [4.78, 5) is 25.1. The lowest BCUT2D eigenvalue weighted by atomic mass is 10.1. The SMILES string of the molecule is Cc1ccc(C=CC(=O)N2CCCNC(=O)C2)c(C)c1. The molecule has 0 spiro atoms. The van der Waals surface area contributed by atoms with Crippen molar-refractivity contribution < 1.29 is 9.59 Å². The second-order valence-electron chi connectivity index (χ2n) is 5.16. The van der Waals surface area contributed by atoms with Crippen molar-refractivity contribution in [2.45, 2.75) is 20.3 Å². The van der Waals surface area contributed by atoms with E-state index in [1.807, 2.05) is 32.1 Å². The Morgan fingerprint density at radius 2 is 2.15 bits per heavy atom. The summed E-state index contributed by atoms with van der Waals surface area (Å²) < 4.78 is 0. The minimum Gasteiger partial charge on any atom is -0.354 e. The Morgan fingerprint density at radius 3 is 2.90 bits per heavy atom. The summed E-state index contributed by atoms with van der Waals surface area (Å²) in [5.74, 6) is -0.196. The van der Waals surface area contributed by atoms with Crippen molar-refractivity contribution in [3.05, 3.63) is 41.0 Å². The first kappa shape index (κ1) is 14.3. The maximum Gasteiger partial charge on any atom is 0.247 e. The van der Waals surface area contributed by atoms with Crippen LogP contribution in [0.2, 0.25) is 0 Å². The van der Waals surface area contributed by atoms with Crippen LogP contribution in [0.3, 0.4) is 0 Å². The highest BCUT2D eigenvalue weighted by molar-refractivity contribution is 5.94. The number of benzene rings is 1. The molecule has 2 rings (SSSR count). The lowest BCUT2D eigenvalue weighted by Gasteiger charge is -2.16. The Hall–Kier alpha value is -2.10. The van der Waals surface area contributed by atoms with E-state index in [0.29, 0.717) is 13.1 Å². The number of nitrogens with zero attached hydrogens (tertiary/aromatic N) is 1. The molecule has 1 fully saturated rings. The zero-order valence-corrected chi connectivity index (χ0v) is 12.0. The minimum absolute atomic E-state index is 0.0873. The molecular formula is C16H20N2O2. The Morgan fingerprint density at radius 1 is 1.35 bits per heavy atom. The zero-order valence-electron chi connectivity index (χ0n) is 12.0. The lowest BCUT2D eigenvalue weighted by Crippen LogP contribution is -2.36. The van der Waals surface area contributed by atoms with Gasteiger partial charge < -0.3 is 10.2 Å². The maximum atomic E-state index is 12.1. The number of amides is 2. The van der Waals surface area contributed by atoms with Gasteiger partial charge in [0.05, 0.1) is 6.54 Å². The molecule has 1 N–H and O–H groups in total. The zero-order chi connectivity index (χ0) is 14.5. The maximum absolute atomic E-state index is 12.1. The van der Waals surface area contributed by atoms with E-state index in [2.05, 4.69) is 11.4 Å². The van der Waals surface area contributed by atoms with Gasteiger partial charge >= 0.3 is 0 Å². The van der Waals surface area contributed by atoms with Crippen LogP contribution in [0.15, 0.2) is 24.3 Å². The molecule has 4 heteroatoms. The van der Waals surface area contributed by atoms with Crippen molar-refractivity contribution in [1.82, 2.24) is 10.2 Å². The van der Waals surface area contributed by atoms with Gasteiger partial charge in [-0.3, -0.25) is 9.59 Å². The predicted molar refractivity (Wildman–Crippen MR) is 79.2 cm³/mol. The molecule has 1 heterocycles. The Bertz CT molecular complexity index is 549. The van der Waals surface area contributed by atoms with Crippen LogP contribution >= 0.6 is 0 Å². The van der Waals surface area contributed by atoms with Gasteiger partial charge in [0.1, 0.15) is 0 Å². The molecule has 0 atom stereocenters. The van der Waals surface area contributed by atoms with Crippen molar-refractivity contribution in [2.75, 3.05) is 19.6 Å². The summed E-state index contributed by atoms with van der Waals surface area (Å²) in [5.41, 5.74) is 3.38. The smallest absolute Gasteiger partial charge is 0.247 e. The molecule has 20 heavy (non-hydrogen) atoms. The fourth-order valence-corrected chi connectivity index (χ4v) is 2.27. The molecule has 1 saturated heterocycles. The number of nitrogens with one attached hydrogen (secondary N) is 1. The summed E-state index contributed by atoms with van der Waals surface area (Å²) in [7, 11) is 0. The van der Waals surface area contributed by atoms with Crippen LogP contribution in [0.1, 0.15) is 23.1 Å². The monoisotopic (exact) mass is 272 g/mol. The third kappa shape index (κ3) is 3.70. The van der Waals surface area contributed by atoms with Gasteiger partial charge in [0.2, 0.25) is 11.8 Å². The van der Waals surface area contributed by atoms with E-state index in [1.54, 1.807) is 11.0 Å². The fourth-order valence-electron chi connectivity index (χ4n) is 2.27. The largest absolute Gasteiger partial charge is 0.354 e. The Labute approximate surface area is 119 Å². The molecule has 0 aliphatic carbocycles. The fraction of sp³-hybridized carbons (Fsp3) is 0.375. The van der Waals surface area contributed by atoms with Gasteiger partial charge in [-0.1, -0.05) is 23.8 Å². The van der Waals surface area contributed by atoms with Crippen molar-refractivity contribution in [2.24, 2.45) is 0 Å². The van der Waals surface area contributed by atoms with Crippen molar-refractivity contribution in [3.8, 4) is 0 Å². The summed E-state index contributed by atoms with van der Waals surface area (Å²) >= 11 is 0. The van der Waals surface area contributed by atoms with E-state index >= 15 is 0 Å². The number of hydrogen-bond acceptors (Lipinski definition) is 2. The number of rotatable bonds is 2. The molecule has 1 aliphatic heterocycles. The normalized spacial score (nSPS) is 16.1. The molecule has 1 aliphatic rings. The molecule has 4 nitrogen and oxygen atoms in total. The molecule has 0 unspecified atom stereocenters. The van der Waals surface area contributed by atoms with E-state index in [1.165, 1.54) is 5.56 Å². The second-order valence-corrected chi connectivity index (χ2v) is 5.16. The molecule has 0 bridgehead atoms. The highest BCUT2D eigenvalue weighted by atomic mass is 16.2. The van der Waals surface area contributed by atoms with Gasteiger partial charge in [0.15, 0.2) is 0 Å². The first-order valence-corrected chi connectivity index (χ1v) is 6.87. The van der Waals surface area contributed by atoms with Crippen LogP contribution < -0.4 is 5.32 Å². The van der Waals surface area contributed by atoms with Crippen LogP contribution in [-0.2, 0) is 9.59 Å². The Balaban J connectivity index is 2.06. The molecule has 0 saturated carbocycles. The van der Waals surface area contributed by atoms with Gasteiger partial charge in [-0.05, 0) is 37.5 Å². The molecule has 0 radical (unpaired) electrons. The second kappa shape index (κ2) is 6.37. The van der Waals surface area contributed by atoms with Crippen LogP contribution in [0.5, 0.6) is 0 Å². The molecule has 1 aromatic carbocycles. The van der Waals surface area contributed by atoms with Crippen LogP contribution in [0.25, 0.3) is 6.08 Å². The average Bonchev–Trinajstić information content (AvgIpc) is 2.62. The number of aryl methyl sites for hydroxylation is 2. The van der Waals surface area contributed by atoms with Crippen LogP contribution in [0.4, 0.5) is 0 Å². The minimum atomic E-state index is -0.109. The third-order valence-corrected chi connectivity index (χ3v) is 3.40. The van der Waals surface area contributed by atoms with Crippen molar-refractivity contribution in [1.29, 1.82) is 0 Å². The molecule has 0 aromatic heterocycles. The van der Waals surface area contributed by atoms with Gasteiger partial charge in [0, 0.05) is 19.2 Å². The standard InChI is InChI=1S/C16H20N2O2/c1-12-4-5-14(13(2)10-12)6-7-16(20)18-9-3-8-17-15(19)11-18/h4-7,10H,3,8-9,11H2,1-2H3,(H,17,19). The number of hydrogen-bond donors (Lipinski definition) is 1. The molecular weight excluding hydrogens is 252 g/mol. The quantitative estimate of drug-likeness (QED) is 0.833. The first-order valence-electron chi connectivity index (χ1n) is 6.87. The van der Waals surface area contributed by atoms with Gasteiger partial charge in [-0.25, -0.2) is 0 Å². The van der Waals surface area contributed by atoms with Gasteiger partial charge in [-0.2, -0.15) is 0 Å². The predicted octanol–water partition coefficient (Wildman–Crippen LogP) is 1.67. The first-order chi connectivity index (χ1) is 9.56. The summed E-state index contributed by atoms with van der Waals surface area (Å²) in [5, 5.41) is 2.76. The van der Waals surface area contributed by atoms with E-state index in [0.717, 1.165) is 17.5 Å². The third-order valence-electron chi connectivity index (χ3n) is 3.40. The topological polar surface area (TPSA) is 49.4 Å². The van der Waals surface area contributed by atoms with Crippen molar-refractivity contribution >= 4 is 17.9 Å². The van der Waals surface area contributed by atoms with E-state index in [-0.39, 0.29) is 18.4 Å². The number of carbonyl (C=O) groups excluding carboxylic acids is 2. The molecule has 106 valence electrons. The van der Waals surface area contributed by atoms with Gasteiger partial charge in [0.25, 0.3) is 0 Å². The van der Waals surface area contributed by atoms with Crippen LogP contribution in [-0.4, -0.2) is 36.3 Å².